The van der Waals surface area contributed by atoms with Gasteiger partial charge in [-0.1, -0.05) is 24.3 Å². The van der Waals surface area contributed by atoms with Crippen molar-refractivity contribution in [3.05, 3.63) is 71.3 Å². The first kappa shape index (κ1) is 20.4. The fourth-order valence-corrected chi connectivity index (χ4v) is 2.37. The molecule has 0 saturated carbocycles. The predicted molar refractivity (Wildman–Crippen MR) is 104 cm³/mol. The summed E-state index contributed by atoms with van der Waals surface area (Å²) in [7, 11) is 0. The summed E-state index contributed by atoms with van der Waals surface area (Å²) in [5, 5.41) is 8.74. The first-order valence-corrected chi connectivity index (χ1v) is 8.97. The smallest absolute Gasteiger partial charge is 0.330 e. The Morgan fingerprint density at radius 3 is 2.19 bits per heavy atom. The highest BCUT2D eigenvalue weighted by Crippen LogP contribution is 2.17. The van der Waals surface area contributed by atoms with Gasteiger partial charge in [0.2, 0.25) is 0 Å². The molecule has 2 aromatic rings. The molecule has 0 radical (unpaired) electrons. The molecule has 1 N–H and O–H groups in total. The van der Waals surface area contributed by atoms with E-state index in [1.807, 2.05) is 0 Å². The minimum atomic E-state index is -0.392. The molecular weight excluding hydrogens is 344 g/mol. The highest BCUT2D eigenvalue weighted by atomic mass is 16.5. The molecular formula is C22H24O5. The van der Waals surface area contributed by atoms with Crippen LogP contribution in [0.2, 0.25) is 0 Å². The second-order valence-electron chi connectivity index (χ2n) is 5.84. The third kappa shape index (κ3) is 6.72. The molecule has 0 aliphatic heterocycles. The van der Waals surface area contributed by atoms with Gasteiger partial charge in [0.1, 0.15) is 5.75 Å². The number of esters is 1. The SMILES string of the molecule is CCOC(=O)/C=C/c1ccc(C(=O)c2ccc(OCCCCO)cc2)cc1. The van der Waals surface area contributed by atoms with Crippen LogP contribution in [0.1, 0.15) is 41.3 Å². The van der Waals surface area contributed by atoms with E-state index in [2.05, 4.69) is 0 Å². The van der Waals surface area contributed by atoms with E-state index >= 15 is 0 Å². The lowest BCUT2D eigenvalue weighted by Gasteiger charge is -2.07. The maximum absolute atomic E-state index is 12.6. The summed E-state index contributed by atoms with van der Waals surface area (Å²) in [6.07, 6.45) is 4.50. The van der Waals surface area contributed by atoms with Crippen LogP contribution in [-0.2, 0) is 9.53 Å². The monoisotopic (exact) mass is 368 g/mol. The molecule has 0 amide bonds. The Kier molecular flexibility index (Phi) is 8.26. The van der Waals surface area contributed by atoms with Crippen molar-refractivity contribution in [2.45, 2.75) is 19.8 Å². The fraction of sp³-hybridized carbons (Fsp3) is 0.273. The van der Waals surface area contributed by atoms with E-state index < -0.39 is 5.97 Å². The minimum absolute atomic E-state index is 0.0808. The average molecular weight is 368 g/mol. The Morgan fingerprint density at radius 2 is 1.59 bits per heavy atom. The molecule has 5 nitrogen and oxygen atoms in total. The number of hydrogen-bond donors (Lipinski definition) is 1. The van der Waals surface area contributed by atoms with Gasteiger partial charge >= 0.3 is 5.97 Å². The molecule has 0 aliphatic rings. The lowest BCUT2D eigenvalue weighted by molar-refractivity contribution is -0.137. The van der Waals surface area contributed by atoms with Crippen molar-refractivity contribution >= 4 is 17.8 Å². The molecule has 0 bridgehead atoms. The standard InChI is InChI=1S/C22H24O5/c1-2-26-21(24)14-7-17-5-8-18(9-6-17)22(25)19-10-12-20(13-11-19)27-16-4-3-15-23/h5-14,23H,2-4,15-16H2,1H3/b14-7+. The maximum Gasteiger partial charge on any atom is 0.330 e. The van der Waals surface area contributed by atoms with E-state index in [0.717, 1.165) is 12.0 Å². The summed E-state index contributed by atoms with van der Waals surface area (Å²) in [5.74, 6) is 0.225. The van der Waals surface area contributed by atoms with E-state index in [9.17, 15) is 9.59 Å². The van der Waals surface area contributed by atoms with E-state index in [4.69, 9.17) is 14.6 Å². The highest BCUT2D eigenvalue weighted by Gasteiger charge is 2.09. The van der Waals surface area contributed by atoms with Gasteiger partial charge in [0, 0.05) is 23.8 Å². The zero-order chi connectivity index (χ0) is 19.5. The number of benzene rings is 2. The molecule has 0 unspecified atom stereocenters. The van der Waals surface area contributed by atoms with Crippen molar-refractivity contribution in [1.82, 2.24) is 0 Å². The summed E-state index contributed by atoms with van der Waals surface area (Å²) in [5.41, 5.74) is 1.96. The van der Waals surface area contributed by atoms with Gasteiger partial charge in [-0.15, -0.1) is 0 Å². The number of unbranched alkanes of at least 4 members (excludes halogenated alkanes) is 1. The molecule has 0 fully saturated rings. The maximum atomic E-state index is 12.6. The van der Waals surface area contributed by atoms with E-state index in [1.54, 1.807) is 61.5 Å². The Hall–Kier alpha value is -2.92. The highest BCUT2D eigenvalue weighted by molar-refractivity contribution is 6.09. The molecule has 5 heteroatoms. The van der Waals surface area contributed by atoms with Crippen LogP contribution < -0.4 is 4.74 Å². The fourth-order valence-electron chi connectivity index (χ4n) is 2.37. The molecule has 0 aliphatic carbocycles. The lowest BCUT2D eigenvalue weighted by Crippen LogP contribution is -2.02. The lowest BCUT2D eigenvalue weighted by atomic mass is 10.0. The number of hydrogen-bond acceptors (Lipinski definition) is 5. The van der Waals surface area contributed by atoms with Crippen molar-refractivity contribution in [2.75, 3.05) is 19.8 Å². The van der Waals surface area contributed by atoms with Crippen LogP contribution in [0, 0.1) is 0 Å². The third-order valence-electron chi connectivity index (χ3n) is 3.81. The molecule has 2 aromatic carbocycles. The summed E-state index contributed by atoms with van der Waals surface area (Å²) in [6.45, 7) is 2.79. The first-order valence-electron chi connectivity index (χ1n) is 8.97. The van der Waals surface area contributed by atoms with Crippen LogP contribution in [0.5, 0.6) is 5.75 Å². The van der Waals surface area contributed by atoms with Gasteiger partial charge < -0.3 is 14.6 Å². The predicted octanol–water partition coefficient (Wildman–Crippen LogP) is 3.65. The van der Waals surface area contributed by atoms with Crippen LogP contribution >= 0.6 is 0 Å². The zero-order valence-corrected chi connectivity index (χ0v) is 15.4. The van der Waals surface area contributed by atoms with Crippen LogP contribution in [-0.4, -0.2) is 36.7 Å². The quantitative estimate of drug-likeness (QED) is 0.300. The van der Waals surface area contributed by atoms with E-state index in [1.165, 1.54) is 6.08 Å². The van der Waals surface area contributed by atoms with Gasteiger partial charge in [0.25, 0.3) is 0 Å². The molecule has 27 heavy (non-hydrogen) atoms. The number of carbonyl (C=O) groups excluding carboxylic acids is 2. The molecule has 0 atom stereocenters. The van der Waals surface area contributed by atoms with Gasteiger partial charge in [-0.05, 0) is 55.7 Å². The van der Waals surface area contributed by atoms with Crippen molar-refractivity contribution in [3.8, 4) is 5.75 Å². The normalized spacial score (nSPS) is 10.7. The summed E-state index contributed by atoms with van der Waals surface area (Å²) in [4.78, 5) is 23.9. The summed E-state index contributed by atoms with van der Waals surface area (Å²) >= 11 is 0. The minimum Gasteiger partial charge on any atom is -0.494 e. The zero-order valence-electron chi connectivity index (χ0n) is 15.4. The largest absolute Gasteiger partial charge is 0.494 e. The molecule has 142 valence electrons. The molecule has 0 saturated heterocycles. The number of rotatable bonds is 10. The molecule has 0 spiro atoms. The van der Waals surface area contributed by atoms with Crippen molar-refractivity contribution < 1.29 is 24.2 Å². The second-order valence-corrected chi connectivity index (χ2v) is 5.84. The van der Waals surface area contributed by atoms with Crippen LogP contribution in [0.25, 0.3) is 6.08 Å². The van der Waals surface area contributed by atoms with Crippen molar-refractivity contribution in [3.63, 3.8) is 0 Å². The van der Waals surface area contributed by atoms with E-state index in [-0.39, 0.29) is 12.4 Å². The van der Waals surface area contributed by atoms with Crippen molar-refractivity contribution in [1.29, 1.82) is 0 Å². The van der Waals surface area contributed by atoms with E-state index in [0.29, 0.717) is 36.5 Å². The van der Waals surface area contributed by atoms with Gasteiger partial charge in [0.15, 0.2) is 5.78 Å². The summed E-state index contributed by atoms with van der Waals surface area (Å²) in [6, 6.07) is 14.0. The average Bonchev–Trinajstić information content (AvgIpc) is 2.70. The molecule has 0 aromatic heterocycles. The van der Waals surface area contributed by atoms with Crippen LogP contribution in [0.4, 0.5) is 0 Å². The topological polar surface area (TPSA) is 72.8 Å². The first-order chi connectivity index (χ1) is 13.1. The number of ketones is 1. The Labute approximate surface area is 159 Å². The van der Waals surface area contributed by atoms with Gasteiger partial charge in [-0.2, -0.15) is 0 Å². The Bertz CT molecular complexity index is 760. The van der Waals surface area contributed by atoms with Gasteiger partial charge in [0.05, 0.1) is 13.2 Å². The molecule has 2 rings (SSSR count). The molecule has 0 heterocycles. The number of carbonyl (C=O) groups is 2. The number of aliphatic hydroxyl groups is 1. The number of ether oxygens (including phenoxy) is 2. The van der Waals surface area contributed by atoms with Gasteiger partial charge in [-0.3, -0.25) is 4.79 Å². The van der Waals surface area contributed by atoms with Gasteiger partial charge in [-0.25, -0.2) is 4.79 Å². The second kappa shape index (κ2) is 10.9. The Morgan fingerprint density at radius 1 is 0.963 bits per heavy atom. The van der Waals surface area contributed by atoms with Crippen molar-refractivity contribution in [2.24, 2.45) is 0 Å². The summed E-state index contributed by atoms with van der Waals surface area (Å²) < 4.78 is 10.4. The Balaban J connectivity index is 1.95. The van der Waals surface area contributed by atoms with Crippen LogP contribution in [0.3, 0.4) is 0 Å². The number of aliphatic hydroxyl groups excluding tert-OH is 1. The third-order valence-corrected chi connectivity index (χ3v) is 3.81. The van der Waals surface area contributed by atoms with Crippen LogP contribution in [0.15, 0.2) is 54.6 Å².